The Morgan fingerprint density at radius 3 is 2.12 bits per heavy atom. The SMILES string of the molecule is CCN(CC)S(=O)(=O)c1ccc(C(=O)NCC(=O)OC(C)C(=O)NC(C)(C#N)C(C)C)cc1. The Bertz CT molecular complexity index is 997. The fourth-order valence-electron chi connectivity index (χ4n) is 2.70. The number of amides is 2. The molecule has 2 atom stereocenters. The van der Waals surface area contributed by atoms with E-state index in [2.05, 4.69) is 10.6 Å². The average Bonchev–Trinajstić information content (AvgIpc) is 2.77. The molecule has 0 bridgehead atoms. The van der Waals surface area contributed by atoms with Crippen molar-refractivity contribution < 1.29 is 27.5 Å². The van der Waals surface area contributed by atoms with Crippen LogP contribution in [0.2, 0.25) is 0 Å². The van der Waals surface area contributed by atoms with E-state index >= 15 is 0 Å². The van der Waals surface area contributed by atoms with Gasteiger partial charge in [-0.3, -0.25) is 14.4 Å². The zero-order valence-electron chi connectivity index (χ0n) is 19.8. The number of nitriles is 1. The minimum atomic E-state index is -3.64. The van der Waals surface area contributed by atoms with Crippen LogP contribution in [0.5, 0.6) is 0 Å². The first-order valence-electron chi connectivity index (χ1n) is 10.6. The van der Waals surface area contributed by atoms with Gasteiger partial charge in [0.2, 0.25) is 10.0 Å². The topological polar surface area (TPSA) is 146 Å². The van der Waals surface area contributed by atoms with Crippen molar-refractivity contribution in [2.75, 3.05) is 19.6 Å². The van der Waals surface area contributed by atoms with Crippen molar-refractivity contribution in [1.29, 1.82) is 5.26 Å². The third-order valence-corrected chi connectivity index (χ3v) is 7.36. The van der Waals surface area contributed by atoms with Crippen LogP contribution in [0.4, 0.5) is 0 Å². The summed E-state index contributed by atoms with van der Waals surface area (Å²) in [4.78, 5) is 36.6. The number of carbonyl (C=O) groups is 3. The third-order valence-electron chi connectivity index (χ3n) is 5.30. The van der Waals surface area contributed by atoms with Crippen molar-refractivity contribution >= 4 is 27.8 Å². The number of esters is 1. The molecule has 33 heavy (non-hydrogen) atoms. The van der Waals surface area contributed by atoms with Crippen molar-refractivity contribution in [2.45, 2.75) is 58.1 Å². The monoisotopic (exact) mass is 480 g/mol. The molecule has 11 heteroatoms. The minimum Gasteiger partial charge on any atom is -0.451 e. The molecule has 1 rings (SSSR count). The molecular formula is C22H32N4O6S. The number of rotatable bonds is 11. The number of carbonyl (C=O) groups excluding carboxylic acids is 3. The van der Waals surface area contributed by atoms with Gasteiger partial charge in [-0.1, -0.05) is 27.7 Å². The fraction of sp³-hybridized carbons (Fsp3) is 0.545. The summed E-state index contributed by atoms with van der Waals surface area (Å²) in [5.41, 5.74) is -0.953. The lowest BCUT2D eigenvalue weighted by Crippen LogP contribution is -2.52. The smallest absolute Gasteiger partial charge is 0.326 e. The molecule has 0 saturated carbocycles. The molecule has 0 aliphatic heterocycles. The zero-order valence-corrected chi connectivity index (χ0v) is 20.7. The Hall–Kier alpha value is -2.97. The van der Waals surface area contributed by atoms with E-state index in [0.29, 0.717) is 13.1 Å². The summed E-state index contributed by atoms with van der Waals surface area (Å²) in [5, 5.41) is 14.2. The predicted molar refractivity (Wildman–Crippen MR) is 121 cm³/mol. The van der Waals surface area contributed by atoms with E-state index < -0.39 is 46.0 Å². The Balaban J connectivity index is 2.68. The number of nitrogens with one attached hydrogen (secondary N) is 2. The lowest BCUT2D eigenvalue weighted by molar-refractivity contribution is -0.154. The van der Waals surface area contributed by atoms with Crippen LogP contribution in [0.15, 0.2) is 29.2 Å². The van der Waals surface area contributed by atoms with Gasteiger partial charge in [-0.25, -0.2) is 8.42 Å². The maximum Gasteiger partial charge on any atom is 0.326 e. The quantitative estimate of drug-likeness (QED) is 0.456. The van der Waals surface area contributed by atoms with Crippen LogP contribution in [-0.4, -0.2) is 61.8 Å². The van der Waals surface area contributed by atoms with Gasteiger partial charge >= 0.3 is 5.97 Å². The summed E-state index contributed by atoms with van der Waals surface area (Å²) in [5.74, 6) is -2.23. The Labute approximate surface area is 195 Å². The lowest BCUT2D eigenvalue weighted by Gasteiger charge is -2.28. The van der Waals surface area contributed by atoms with Gasteiger partial charge < -0.3 is 15.4 Å². The number of ether oxygens (including phenoxy) is 1. The van der Waals surface area contributed by atoms with Gasteiger partial charge in [-0.2, -0.15) is 9.57 Å². The number of hydrogen-bond acceptors (Lipinski definition) is 7. The second-order valence-corrected chi connectivity index (χ2v) is 9.82. The molecular weight excluding hydrogens is 448 g/mol. The Kier molecular flexibility index (Phi) is 10.0. The maximum atomic E-state index is 12.5. The van der Waals surface area contributed by atoms with Gasteiger partial charge in [0.05, 0.1) is 11.0 Å². The van der Waals surface area contributed by atoms with Gasteiger partial charge in [0.15, 0.2) is 6.10 Å². The van der Waals surface area contributed by atoms with Crippen LogP contribution in [0.25, 0.3) is 0 Å². The summed E-state index contributed by atoms with van der Waals surface area (Å²) in [6.45, 7) is 10.1. The average molecular weight is 481 g/mol. The van der Waals surface area contributed by atoms with E-state index in [0.717, 1.165) is 0 Å². The maximum absolute atomic E-state index is 12.5. The normalized spacial score (nSPS) is 14.2. The first-order valence-corrected chi connectivity index (χ1v) is 12.1. The lowest BCUT2D eigenvalue weighted by atomic mass is 9.90. The molecule has 0 aliphatic rings. The molecule has 1 aromatic rings. The Morgan fingerprint density at radius 1 is 1.12 bits per heavy atom. The van der Waals surface area contributed by atoms with Gasteiger partial charge in [-0.15, -0.1) is 0 Å². The zero-order chi connectivity index (χ0) is 25.4. The number of hydrogen-bond donors (Lipinski definition) is 2. The summed E-state index contributed by atoms with van der Waals surface area (Å²) in [6.07, 6.45) is -1.16. The minimum absolute atomic E-state index is 0.0627. The molecule has 0 radical (unpaired) electrons. The van der Waals surface area contributed by atoms with Crippen LogP contribution in [0.3, 0.4) is 0 Å². The molecule has 0 spiro atoms. The highest BCUT2D eigenvalue weighted by molar-refractivity contribution is 7.89. The second-order valence-electron chi connectivity index (χ2n) is 7.89. The molecule has 0 heterocycles. The van der Waals surface area contributed by atoms with E-state index in [4.69, 9.17) is 4.74 Å². The summed E-state index contributed by atoms with van der Waals surface area (Å²) < 4.78 is 31.3. The van der Waals surface area contributed by atoms with Crippen LogP contribution in [-0.2, 0) is 24.3 Å². The summed E-state index contributed by atoms with van der Waals surface area (Å²) in [6, 6.07) is 7.38. The molecule has 2 N–H and O–H groups in total. The number of benzene rings is 1. The first-order chi connectivity index (χ1) is 15.3. The van der Waals surface area contributed by atoms with Crippen molar-refractivity contribution in [2.24, 2.45) is 5.92 Å². The van der Waals surface area contributed by atoms with Crippen LogP contribution >= 0.6 is 0 Å². The highest BCUT2D eigenvalue weighted by Gasteiger charge is 2.32. The summed E-state index contributed by atoms with van der Waals surface area (Å²) >= 11 is 0. The van der Waals surface area contributed by atoms with Gasteiger partial charge in [0, 0.05) is 18.7 Å². The van der Waals surface area contributed by atoms with Crippen LogP contribution in [0.1, 0.15) is 51.9 Å². The van der Waals surface area contributed by atoms with Gasteiger partial charge in [0.25, 0.3) is 11.8 Å². The van der Waals surface area contributed by atoms with Crippen molar-refractivity contribution in [1.82, 2.24) is 14.9 Å². The van der Waals surface area contributed by atoms with Crippen LogP contribution < -0.4 is 10.6 Å². The van der Waals surface area contributed by atoms with E-state index in [9.17, 15) is 28.1 Å². The number of nitrogens with zero attached hydrogens (tertiary/aromatic N) is 2. The fourth-order valence-corrected chi connectivity index (χ4v) is 4.15. The van der Waals surface area contributed by atoms with Crippen molar-refractivity contribution in [3.8, 4) is 6.07 Å². The second kappa shape index (κ2) is 11.8. The molecule has 0 fully saturated rings. The molecule has 10 nitrogen and oxygen atoms in total. The molecule has 0 saturated heterocycles. The highest BCUT2D eigenvalue weighted by atomic mass is 32.2. The standard InChI is InChI=1S/C22H32N4O6S/c1-7-26(8-2)33(30,31)18-11-9-17(10-12-18)21(29)24-13-19(27)32-16(5)20(28)25-22(6,14-23)15(3)4/h9-12,15-16H,7-8,13H2,1-6H3,(H,24,29)(H,25,28). The largest absolute Gasteiger partial charge is 0.451 e. The van der Waals surface area contributed by atoms with E-state index in [-0.39, 0.29) is 16.4 Å². The van der Waals surface area contributed by atoms with Crippen molar-refractivity contribution in [3.05, 3.63) is 29.8 Å². The predicted octanol–water partition coefficient (Wildman–Crippen LogP) is 1.43. The van der Waals surface area contributed by atoms with Gasteiger partial charge in [0.1, 0.15) is 12.1 Å². The third kappa shape index (κ3) is 7.27. The van der Waals surface area contributed by atoms with Crippen LogP contribution in [0, 0.1) is 17.2 Å². The van der Waals surface area contributed by atoms with E-state index in [1.807, 2.05) is 6.07 Å². The van der Waals surface area contributed by atoms with E-state index in [1.165, 1.54) is 35.5 Å². The number of sulfonamides is 1. The molecule has 0 aromatic heterocycles. The molecule has 2 amide bonds. The highest BCUT2D eigenvalue weighted by Crippen LogP contribution is 2.17. The first kappa shape index (κ1) is 28.1. The Morgan fingerprint density at radius 2 is 1.67 bits per heavy atom. The van der Waals surface area contributed by atoms with E-state index in [1.54, 1.807) is 34.6 Å². The molecule has 0 aliphatic carbocycles. The molecule has 182 valence electrons. The summed E-state index contributed by atoms with van der Waals surface area (Å²) in [7, 11) is -3.64. The van der Waals surface area contributed by atoms with Gasteiger partial charge in [-0.05, 0) is 44.0 Å². The van der Waals surface area contributed by atoms with Crippen molar-refractivity contribution in [3.63, 3.8) is 0 Å². The molecule has 1 aromatic carbocycles. The molecule has 2 unspecified atom stereocenters.